The number of piperidine rings is 1. The van der Waals surface area contributed by atoms with Gasteiger partial charge in [-0.15, -0.1) is 0 Å². The number of ether oxygens (including phenoxy) is 6. The zero-order valence-corrected chi connectivity index (χ0v) is 40.4. The van der Waals surface area contributed by atoms with E-state index in [0.29, 0.717) is 62.6 Å². The van der Waals surface area contributed by atoms with Gasteiger partial charge in [0.1, 0.15) is 30.6 Å². The molecule has 3 N–H and O–H groups in total. The first-order valence-electron chi connectivity index (χ1n) is 23.9. The number of carbonyl (C=O) groups excluding carboxylic acids is 5. The quantitative estimate of drug-likeness (QED) is 0.150. The summed E-state index contributed by atoms with van der Waals surface area (Å²) in [6.07, 6.45) is 6.83. The van der Waals surface area contributed by atoms with Crippen LogP contribution in [0.25, 0.3) is 0 Å². The molecule has 2 amide bonds. The number of allylic oxidation sites excluding steroid dienone is 3. The minimum atomic E-state index is -2.52. The van der Waals surface area contributed by atoms with Crippen molar-refractivity contribution in [2.45, 2.75) is 167 Å². The average molecular weight is 926 g/mol. The van der Waals surface area contributed by atoms with E-state index in [2.05, 4.69) is 10.3 Å². The molecule has 3 fully saturated rings. The number of fused-ring (bicyclic) bond motifs is 3. The Labute approximate surface area is 390 Å². The number of rotatable bonds is 10. The highest BCUT2D eigenvalue weighted by Crippen LogP contribution is 2.39. The number of amides is 2. The van der Waals surface area contributed by atoms with Crippen LogP contribution in [-0.4, -0.2) is 138 Å². The fourth-order valence-corrected chi connectivity index (χ4v) is 10.4. The van der Waals surface area contributed by atoms with Gasteiger partial charge in [-0.25, -0.2) is 4.79 Å². The highest BCUT2D eigenvalue weighted by molar-refractivity contribution is 6.39. The lowest BCUT2D eigenvalue weighted by Gasteiger charge is -2.47. The van der Waals surface area contributed by atoms with Crippen LogP contribution in [0.2, 0.25) is 0 Å². The van der Waals surface area contributed by atoms with Gasteiger partial charge in [0.2, 0.25) is 11.7 Å². The van der Waals surface area contributed by atoms with Gasteiger partial charge >= 0.3 is 5.97 Å². The van der Waals surface area contributed by atoms with Crippen molar-refractivity contribution in [2.75, 3.05) is 39.8 Å². The molecule has 4 aliphatic rings. The molecule has 1 unspecified atom stereocenters. The van der Waals surface area contributed by atoms with Crippen molar-refractivity contribution in [1.82, 2.24) is 9.88 Å². The van der Waals surface area contributed by atoms with Gasteiger partial charge < -0.3 is 48.9 Å². The molecule has 16 nitrogen and oxygen atoms in total. The number of hydrogen-bond acceptors (Lipinski definition) is 14. The summed E-state index contributed by atoms with van der Waals surface area (Å²) >= 11 is 0. The average Bonchev–Trinajstić information content (AvgIpc) is 3.30. The number of hydrogen-bond donors (Lipinski definition) is 3. The number of pyridine rings is 1. The van der Waals surface area contributed by atoms with Crippen LogP contribution in [0.4, 0.5) is 5.69 Å². The Morgan fingerprint density at radius 3 is 2.35 bits per heavy atom. The third kappa shape index (κ3) is 13.2. The van der Waals surface area contributed by atoms with E-state index in [1.807, 2.05) is 39.8 Å². The van der Waals surface area contributed by atoms with Crippen LogP contribution in [0.3, 0.4) is 0 Å². The normalized spacial score (nSPS) is 36.9. The first-order chi connectivity index (χ1) is 31.4. The fraction of sp³-hybridized carbons (Fsp3) is 0.720. The maximum Gasteiger partial charge on any atom is 0.329 e. The van der Waals surface area contributed by atoms with Crippen LogP contribution in [0, 0.1) is 29.6 Å². The maximum atomic E-state index is 14.5. The molecule has 2 saturated heterocycles. The highest BCUT2D eigenvalue weighted by atomic mass is 16.7. The van der Waals surface area contributed by atoms with Crippen molar-refractivity contribution in [2.24, 2.45) is 29.6 Å². The number of ketones is 2. The number of nitrogens with zero attached hydrogens (tertiary/aromatic N) is 2. The minimum Gasteiger partial charge on any atom is -0.456 e. The largest absolute Gasteiger partial charge is 0.456 e. The first kappa shape index (κ1) is 53.1. The second kappa shape index (κ2) is 24.4. The highest BCUT2D eigenvalue weighted by Gasteiger charge is 2.56. The molecular formula is C50H75N3O13. The lowest BCUT2D eigenvalue weighted by molar-refractivity contribution is -0.302. The third-order valence-electron chi connectivity index (χ3n) is 14.2. The van der Waals surface area contributed by atoms with Crippen LogP contribution in [0.15, 0.2) is 47.8 Å². The zero-order chi connectivity index (χ0) is 48.3. The molecule has 1 saturated carbocycles. The molecule has 66 heavy (non-hydrogen) atoms. The van der Waals surface area contributed by atoms with Crippen LogP contribution >= 0.6 is 0 Å². The van der Waals surface area contributed by atoms with Gasteiger partial charge in [-0.2, -0.15) is 0 Å². The Balaban J connectivity index is 1.44. The van der Waals surface area contributed by atoms with E-state index in [1.54, 1.807) is 45.5 Å². The molecule has 368 valence electrons. The predicted molar refractivity (Wildman–Crippen MR) is 245 cm³/mol. The molecule has 14 atom stereocenters. The number of esters is 1. The Morgan fingerprint density at radius 1 is 0.970 bits per heavy atom. The number of anilines is 1. The van der Waals surface area contributed by atoms with E-state index in [9.17, 15) is 34.2 Å². The molecule has 3 aliphatic heterocycles. The molecule has 5 rings (SSSR count). The van der Waals surface area contributed by atoms with Crippen LogP contribution < -0.4 is 5.32 Å². The van der Waals surface area contributed by atoms with Gasteiger partial charge in [-0.1, -0.05) is 45.4 Å². The van der Waals surface area contributed by atoms with E-state index in [1.165, 1.54) is 19.1 Å². The molecule has 0 radical (unpaired) electrons. The number of aromatic nitrogens is 1. The molecule has 0 aromatic carbocycles. The van der Waals surface area contributed by atoms with Crippen molar-refractivity contribution in [3.63, 3.8) is 0 Å². The van der Waals surface area contributed by atoms with Gasteiger partial charge in [0.25, 0.3) is 11.7 Å². The monoisotopic (exact) mass is 926 g/mol. The van der Waals surface area contributed by atoms with Crippen molar-refractivity contribution in [1.29, 1.82) is 0 Å². The van der Waals surface area contributed by atoms with E-state index in [-0.39, 0.29) is 68.1 Å². The zero-order valence-electron chi connectivity index (χ0n) is 40.4. The lowest BCUT2D eigenvalue weighted by atomic mass is 9.81. The third-order valence-corrected chi connectivity index (χ3v) is 14.2. The summed E-state index contributed by atoms with van der Waals surface area (Å²) < 4.78 is 36.3. The second-order valence-corrected chi connectivity index (χ2v) is 19.2. The maximum absolute atomic E-state index is 14.5. The molecule has 1 aliphatic carbocycles. The number of aliphatic hydroxyl groups is 2. The summed E-state index contributed by atoms with van der Waals surface area (Å²) in [5, 5.41) is 26.7. The predicted octanol–water partition coefficient (Wildman–Crippen LogP) is 5.53. The van der Waals surface area contributed by atoms with Crippen molar-refractivity contribution < 1.29 is 62.6 Å². The van der Waals surface area contributed by atoms with Gasteiger partial charge in [0.15, 0.2) is 0 Å². The smallest absolute Gasteiger partial charge is 0.329 e. The molecule has 1 aromatic rings. The summed E-state index contributed by atoms with van der Waals surface area (Å²) in [6, 6.07) is 2.30. The molecule has 1 aromatic heterocycles. The molecule has 2 bridgehead atoms. The summed E-state index contributed by atoms with van der Waals surface area (Å²) in [7, 11) is 4.65. The molecule has 16 heteroatoms. The molecule has 4 heterocycles. The van der Waals surface area contributed by atoms with Gasteiger partial charge in [-0.3, -0.25) is 24.2 Å². The summed E-state index contributed by atoms with van der Waals surface area (Å²) in [4.78, 5) is 75.0. The number of methoxy groups -OCH3 is 3. The lowest BCUT2D eigenvalue weighted by Crippen LogP contribution is -2.64. The Kier molecular flexibility index (Phi) is 19.6. The van der Waals surface area contributed by atoms with E-state index in [0.717, 1.165) is 5.57 Å². The Morgan fingerprint density at radius 2 is 1.68 bits per heavy atom. The van der Waals surface area contributed by atoms with Gasteiger partial charge in [-0.05, 0) is 108 Å². The van der Waals surface area contributed by atoms with Crippen LogP contribution in [0.5, 0.6) is 0 Å². The number of Topliss-reactive ketones (excluding diaryl/α,β-unsaturated/α-hetero) is 2. The number of aliphatic hydroxyl groups excluding tert-OH is 1. The van der Waals surface area contributed by atoms with E-state index in [4.69, 9.17) is 28.4 Å². The van der Waals surface area contributed by atoms with Crippen LogP contribution in [-0.2, 0) is 52.4 Å². The Bertz CT molecular complexity index is 1880. The topological polar surface area (TPSA) is 209 Å². The number of cyclic esters (lactones) is 1. The standard InChI is InChI=1S/C50H75N3O13/c1-10-35-21-29(2)20-30(3)22-42(62-8)46-43(63-9)24-32(5)50(60,66-46)47(57)48(58)53-19-12-11-15-37(53)49(59)65-45(33(6)38(54)26-39(35)55)31(4)23-34-16-17-40(41(25-34)61-7)64-28-44(56)52-36-14-13-18-51-27-36/h13-14,18,21,23,27,30,32-35,37-38,40-43,45-46,54,60H,10-12,15-17,19-20,22,24-26,28H2,1-9H3,(H,52,56)/b29-21+,31-23+/t30-,32+,33+,34?,35+,37-,38-,40+,41+,42-,43-,45+,46+,50+/m0/s1. The number of nitrogens with one attached hydrogen (secondary N) is 1. The van der Waals surface area contributed by atoms with Crippen molar-refractivity contribution in [3.8, 4) is 0 Å². The summed E-state index contributed by atoms with van der Waals surface area (Å²) in [6.45, 7) is 11.0. The van der Waals surface area contributed by atoms with Crippen LogP contribution in [0.1, 0.15) is 112 Å². The molecule has 0 spiro atoms. The summed E-state index contributed by atoms with van der Waals surface area (Å²) in [5.41, 5.74) is 2.19. The SMILES string of the molecule is CC[C@@H]1/C=C(\C)C[C@H](C)C[C@H](OC)[C@H]2O[C@@](O)(C(=O)C(=O)N3CCCC[C@H]3C(=O)O[C@H](/C(C)=C/C3CC[C@@H](OCC(=O)Nc4cccnc4)[C@H](OC)C3)[C@H](C)[C@@H](O)CC1=O)[C@H](C)C[C@@H]2OC. The second-order valence-electron chi connectivity index (χ2n) is 19.2. The Hall–Kier alpha value is -3.90. The van der Waals surface area contributed by atoms with Crippen molar-refractivity contribution in [3.05, 3.63) is 47.8 Å². The minimum absolute atomic E-state index is 0.0170. The first-order valence-corrected chi connectivity index (χ1v) is 23.9. The summed E-state index contributed by atoms with van der Waals surface area (Å²) in [5.74, 6) is -8.07. The van der Waals surface area contributed by atoms with E-state index < -0.39 is 77.8 Å². The van der Waals surface area contributed by atoms with Gasteiger partial charge in [0.05, 0.1) is 42.4 Å². The van der Waals surface area contributed by atoms with E-state index >= 15 is 0 Å². The fourth-order valence-electron chi connectivity index (χ4n) is 10.4. The molecular weight excluding hydrogens is 851 g/mol. The van der Waals surface area contributed by atoms with Crippen molar-refractivity contribution >= 4 is 35.0 Å². The van der Waals surface area contributed by atoms with Gasteiger partial charge in [0, 0.05) is 58.2 Å². The number of carbonyl (C=O) groups is 5.